The van der Waals surface area contributed by atoms with Gasteiger partial charge in [-0.3, -0.25) is 0 Å². The van der Waals surface area contributed by atoms with E-state index < -0.39 is 0 Å². The first-order valence-corrected chi connectivity index (χ1v) is 3.49. The lowest BCUT2D eigenvalue weighted by molar-refractivity contribution is 1.02. The molecule has 1 aromatic rings. The number of hydrogen-bond acceptors (Lipinski definition) is 4. The fraction of sp³-hybridized carbons (Fsp3) is 0.286. The van der Waals surface area contributed by atoms with E-state index >= 15 is 0 Å². The number of hydrogen-bond donors (Lipinski definition) is 2. The van der Waals surface area contributed by atoms with Gasteiger partial charge in [-0.25, -0.2) is 9.97 Å². The normalized spacial score (nSPS) is 11.7. The molecule has 0 aliphatic heterocycles. The van der Waals surface area contributed by atoms with Crippen molar-refractivity contribution in [3.05, 3.63) is 23.3 Å². The summed E-state index contributed by atoms with van der Waals surface area (Å²) in [5.74, 6) is 5.53. The van der Waals surface area contributed by atoms with Crippen LogP contribution in [0.25, 0.3) is 0 Å². The van der Waals surface area contributed by atoms with E-state index in [1.54, 1.807) is 0 Å². The van der Waals surface area contributed by atoms with Gasteiger partial charge in [-0.2, -0.15) is 5.10 Å². The third kappa shape index (κ3) is 1.69. The van der Waals surface area contributed by atoms with Gasteiger partial charge in [0.25, 0.3) is 0 Å². The summed E-state index contributed by atoms with van der Waals surface area (Å²) < 4.78 is 0. The zero-order valence-corrected chi connectivity index (χ0v) is 7.07. The quantitative estimate of drug-likeness (QED) is 0.258. The number of hydrazone groups is 1. The van der Waals surface area contributed by atoms with Gasteiger partial charge >= 0.3 is 0 Å². The van der Waals surface area contributed by atoms with Gasteiger partial charge in [0.1, 0.15) is 0 Å². The van der Waals surface area contributed by atoms with E-state index in [1.807, 2.05) is 19.9 Å². The second-order valence-corrected chi connectivity index (χ2v) is 2.49. The van der Waals surface area contributed by atoms with Crippen molar-refractivity contribution in [2.75, 3.05) is 0 Å². The number of rotatable bonds is 1. The van der Waals surface area contributed by atoms with E-state index in [0.717, 1.165) is 11.4 Å². The Morgan fingerprint density at radius 3 is 2.25 bits per heavy atom. The predicted molar refractivity (Wildman–Crippen MR) is 46.4 cm³/mol. The fourth-order valence-corrected chi connectivity index (χ4v) is 0.898. The Morgan fingerprint density at radius 2 is 1.83 bits per heavy atom. The molecule has 0 atom stereocenters. The van der Waals surface area contributed by atoms with E-state index in [0.29, 0.717) is 5.82 Å². The first kappa shape index (κ1) is 8.45. The molecule has 0 aliphatic carbocycles. The van der Waals surface area contributed by atoms with Gasteiger partial charge in [0.2, 0.25) is 0 Å². The average molecular weight is 165 g/mol. The highest BCUT2D eigenvalue weighted by atomic mass is 15.2. The molecule has 0 saturated heterocycles. The summed E-state index contributed by atoms with van der Waals surface area (Å²) in [5, 5.41) is 3.31. The van der Waals surface area contributed by atoms with Crippen LogP contribution in [0.1, 0.15) is 17.2 Å². The maximum atomic E-state index is 5.43. The molecule has 0 fully saturated rings. The fourth-order valence-electron chi connectivity index (χ4n) is 0.898. The number of nitrogens with two attached hydrogens (primary N) is 2. The van der Waals surface area contributed by atoms with Gasteiger partial charge in [-0.1, -0.05) is 0 Å². The van der Waals surface area contributed by atoms with Crippen molar-refractivity contribution in [3.63, 3.8) is 0 Å². The third-order valence-corrected chi connectivity index (χ3v) is 1.35. The maximum Gasteiger partial charge on any atom is 0.197 e. The molecule has 0 aliphatic rings. The van der Waals surface area contributed by atoms with E-state index in [9.17, 15) is 0 Å². The van der Waals surface area contributed by atoms with Crippen LogP contribution in [-0.4, -0.2) is 15.8 Å². The minimum Gasteiger partial charge on any atom is -0.379 e. The molecule has 0 aromatic carbocycles. The van der Waals surface area contributed by atoms with E-state index in [1.165, 1.54) is 0 Å². The molecule has 0 unspecified atom stereocenters. The molecular weight excluding hydrogens is 154 g/mol. The Kier molecular flexibility index (Phi) is 2.23. The molecule has 0 radical (unpaired) electrons. The molecule has 5 nitrogen and oxygen atoms in total. The lowest BCUT2D eigenvalue weighted by Crippen LogP contribution is -2.19. The van der Waals surface area contributed by atoms with Crippen LogP contribution in [-0.2, 0) is 0 Å². The highest BCUT2D eigenvalue weighted by molar-refractivity contribution is 5.93. The van der Waals surface area contributed by atoms with Gasteiger partial charge in [-0.15, -0.1) is 0 Å². The van der Waals surface area contributed by atoms with Gasteiger partial charge in [0, 0.05) is 11.4 Å². The Balaban J connectivity index is 3.17. The zero-order valence-electron chi connectivity index (χ0n) is 7.07. The molecular formula is C7H11N5. The molecule has 0 spiro atoms. The molecule has 12 heavy (non-hydrogen) atoms. The summed E-state index contributed by atoms with van der Waals surface area (Å²) in [6.07, 6.45) is 0. The number of nitrogens with zero attached hydrogens (tertiary/aromatic N) is 3. The van der Waals surface area contributed by atoms with Crippen molar-refractivity contribution in [2.45, 2.75) is 13.8 Å². The van der Waals surface area contributed by atoms with Gasteiger partial charge in [-0.05, 0) is 19.9 Å². The lowest BCUT2D eigenvalue weighted by atomic mass is 10.3. The zero-order chi connectivity index (χ0) is 9.14. The van der Waals surface area contributed by atoms with Crippen LogP contribution < -0.4 is 11.6 Å². The molecule has 0 saturated carbocycles. The second-order valence-electron chi connectivity index (χ2n) is 2.49. The van der Waals surface area contributed by atoms with Crippen molar-refractivity contribution in [1.82, 2.24) is 9.97 Å². The first-order chi connectivity index (χ1) is 5.63. The van der Waals surface area contributed by atoms with Gasteiger partial charge in [0.15, 0.2) is 11.7 Å². The molecule has 1 rings (SSSR count). The minimum absolute atomic E-state index is 0.154. The number of amidine groups is 1. The Hall–Kier alpha value is -1.65. The third-order valence-electron chi connectivity index (χ3n) is 1.35. The standard InChI is InChI=1S/C7H11N5/c1-4-3-5(2)11-7(10-4)6(8)12-9/h3H,9H2,1-2H3,(H2,8,12). The summed E-state index contributed by atoms with van der Waals surface area (Å²) in [7, 11) is 0. The van der Waals surface area contributed by atoms with Gasteiger partial charge in [0.05, 0.1) is 0 Å². The van der Waals surface area contributed by atoms with Crippen LogP contribution in [0.5, 0.6) is 0 Å². The minimum atomic E-state index is 0.154. The molecule has 4 N–H and O–H groups in total. The molecule has 64 valence electrons. The molecule has 1 aromatic heterocycles. The summed E-state index contributed by atoms with van der Waals surface area (Å²) in [6, 6.07) is 1.85. The highest BCUT2D eigenvalue weighted by Gasteiger charge is 2.02. The van der Waals surface area contributed by atoms with Crippen LogP contribution in [0, 0.1) is 13.8 Å². The van der Waals surface area contributed by atoms with Crippen LogP contribution in [0.4, 0.5) is 0 Å². The Labute approximate surface area is 70.5 Å². The summed E-state index contributed by atoms with van der Waals surface area (Å²) in [4.78, 5) is 8.12. The van der Waals surface area contributed by atoms with E-state index in [-0.39, 0.29) is 5.84 Å². The van der Waals surface area contributed by atoms with Crippen LogP contribution in [0.15, 0.2) is 11.2 Å². The SMILES string of the molecule is Cc1cc(C)nc(/C(N)=N/N)n1. The topological polar surface area (TPSA) is 90.2 Å². The highest BCUT2D eigenvalue weighted by Crippen LogP contribution is 1.98. The molecule has 0 bridgehead atoms. The second kappa shape index (κ2) is 3.17. The van der Waals surface area contributed by atoms with E-state index in [4.69, 9.17) is 11.6 Å². The number of aryl methyl sites for hydroxylation is 2. The van der Waals surface area contributed by atoms with Crippen LogP contribution >= 0.6 is 0 Å². The van der Waals surface area contributed by atoms with Crippen LogP contribution in [0.2, 0.25) is 0 Å². The molecule has 0 amide bonds. The molecule has 1 heterocycles. The summed E-state index contributed by atoms with van der Waals surface area (Å²) in [6.45, 7) is 3.73. The lowest BCUT2D eigenvalue weighted by Gasteiger charge is -2.00. The smallest absolute Gasteiger partial charge is 0.197 e. The maximum absolute atomic E-state index is 5.43. The van der Waals surface area contributed by atoms with Crippen LogP contribution in [0.3, 0.4) is 0 Å². The van der Waals surface area contributed by atoms with Crippen molar-refractivity contribution in [2.24, 2.45) is 16.7 Å². The van der Waals surface area contributed by atoms with E-state index in [2.05, 4.69) is 15.1 Å². The largest absolute Gasteiger partial charge is 0.379 e. The number of aromatic nitrogens is 2. The summed E-state index contributed by atoms with van der Waals surface area (Å²) >= 11 is 0. The summed E-state index contributed by atoms with van der Waals surface area (Å²) in [5.41, 5.74) is 7.13. The van der Waals surface area contributed by atoms with Crippen molar-refractivity contribution >= 4 is 5.84 Å². The van der Waals surface area contributed by atoms with Crippen molar-refractivity contribution in [3.8, 4) is 0 Å². The van der Waals surface area contributed by atoms with Gasteiger partial charge < -0.3 is 11.6 Å². The Morgan fingerprint density at radius 1 is 1.33 bits per heavy atom. The van der Waals surface area contributed by atoms with Crippen molar-refractivity contribution in [1.29, 1.82) is 0 Å². The monoisotopic (exact) mass is 165 g/mol. The average Bonchev–Trinajstić information content (AvgIpc) is 2.01. The Bertz CT molecular complexity index is 297. The molecule has 5 heteroatoms. The van der Waals surface area contributed by atoms with Crippen molar-refractivity contribution < 1.29 is 0 Å². The first-order valence-electron chi connectivity index (χ1n) is 3.49. The predicted octanol–water partition coefficient (Wildman–Crippen LogP) is -0.328.